The van der Waals surface area contributed by atoms with Gasteiger partial charge in [-0.2, -0.15) is 0 Å². The number of nitrogens with one attached hydrogen (secondary N) is 1. The van der Waals surface area contributed by atoms with Crippen LogP contribution in [0.5, 0.6) is 5.75 Å². The minimum atomic E-state index is -0.343. The van der Waals surface area contributed by atoms with Gasteiger partial charge in [0, 0.05) is 4.88 Å². The van der Waals surface area contributed by atoms with Crippen LogP contribution in [-0.2, 0) is 0 Å². The molecule has 1 atom stereocenters. The molecule has 1 N–H and O–H groups in total. The Labute approximate surface area is 116 Å². The van der Waals surface area contributed by atoms with Gasteiger partial charge in [0.15, 0.2) is 11.6 Å². The zero-order valence-electron chi connectivity index (χ0n) is 11.2. The standard InChI is InChI=1S/C14H17FN2OS/c1-4-16-13(14-9(2)17-8-19-14)10-5-6-12(18-3)11(15)7-10/h5-8,13,16H,4H2,1-3H3. The summed E-state index contributed by atoms with van der Waals surface area (Å²) < 4.78 is 18.8. The summed E-state index contributed by atoms with van der Waals surface area (Å²) in [6.07, 6.45) is 0. The lowest BCUT2D eigenvalue weighted by atomic mass is 10.0. The maximum Gasteiger partial charge on any atom is 0.165 e. The van der Waals surface area contributed by atoms with Crippen molar-refractivity contribution in [2.24, 2.45) is 0 Å². The zero-order chi connectivity index (χ0) is 13.8. The molecule has 3 nitrogen and oxygen atoms in total. The second kappa shape index (κ2) is 6.12. The zero-order valence-corrected chi connectivity index (χ0v) is 12.1. The molecule has 0 saturated heterocycles. The molecule has 0 radical (unpaired) electrons. The Morgan fingerprint density at radius 3 is 2.79 bits per heavy atom. The van der Waals surface area contributed by atoms with E-state index in [0.717, 1.165) is 22.7 Å². The monoisotopic (exact) mass is 280 g/mol. The van der Waals surface area contributed by atoms with Gasteiger partial charge >= 0.3 is 0 Å². The van der Waals surface area contributed by atoms with Crippen LogP contribution in [0.25, 0.3) is 0 Å². The molecule has 0 aliphatic carbocycles. The van der Waals surface area contributed by atoms with E-state index in [2.05, 4.69) is 10.3 Å². The molecule has 0 aliphatic heterocycles. The number of aryl methyl sites for hydroxylation is 1. The second-order valence-electron chi connectivity index (χ2n) is 4.19. The van der Waals surface area contributed by atoms with E-state index >= 15 is 0 Å². The first-order valence-corrected chi connectivity index (χ1v) is 7.02. The van der Waals surface area contributed by atoms with Gasteiger partial charge in [-0.05, 0) is 31.2 Å². The van der Waals surface area contributed by atoms with Gasteiger partial charge in [0.25, 0.3) is 0 Å². The third-order valence-corrected chi connectivity index (χ3v) is 3.96. The highest BCUT2D eigenvalue weighted by Gasteiger charge is 2.18. The fourth-order valence-corrected chi connectivity index (χ4v) is 2.92. The number of aromatic nitrogens is 1. The number of benzene rings is 1. The lowest BCUT2D eigenvalue weighted by Crippen LogP contribution is -2.22. The van der Waals surface area contributed by atoms with E-state index < -0.39 is 0 Å². The largest absolute Gasteiger partial charge is 0.494 e. The van der Waals surface area contributed by atoms with Crippen LogP contribution in [0.2, 0.25) is 0 Å². The smallest absolute Gasteiger partial charge is 0.165 e. The first-order valence-electron chi connectivity index (χ1n) is 6.14. The van der Waals surface area contributed by atoms with Crippen LogP contribution in [0, 0.1) is 12.7 Å². The van der Waals surface area contributed by atoms with Crippen LogP contribution in [0.4, 0.5) is 4.39 Å². The van der Waals surface area contributed by atoms with Crippen molar-refractivity contribution in [3.63, 3.8) is 0 Å². The third kappa shape index (κ3) is 2.93. The van der Waals surface area contributed by atoms with Crippen molar-refractivity contribution in [2.75, 3.05) is 13.7 Å². The molecular formula is C14H17FN2OS. The molecule has 19 heavy (non-hydrogen) atoms. The van der Waals surface area contributed by atoms with E-state index in [-0.39, 0.29) is 17.6 Å². The first-order chi connectivity index (χ1) is 9.17. The SMILES string of the molecule is CCNC(c1ccc(OC)c(F)c1)c1scnc1C. The minimum absolute atomic E-state index is 0.0297. The van der Waals surface area contributed by atoms with Gasteiger partial charge in [-0.15, -0.1) is 11.3 Å². The maximum atomic E-state index is 13.8. The van der Waals surface area contributed by atoms with E-state index in [1.54, 1.807) is 17.4 Å². The summed E-state index contributed by atoms with van der Waals surface area (Å²) in [4.78, 5) is 5.38. The molecule has 0 aliphatic rings. The van der Waals surface area contributed by atoms with E-state index in [0.29, 0.717) is 0 Å². The molecule has 1 aromatic carbocycles. The van der Waals surface area contributed by atoms with E-state index in [1.165, 1.54) is 13.2 Å². The van der Waals surface area contributed by atoms with Crippen molar-refractivity contribution in [3.05, 3.63) is 45.7 Å². The summed E-state index contributed by atoms with van der Waals surface area (Å²) in [7, 11) is 1.47. The van der Waals surface area contributed by atoms with Gasteiger partial charge < -0.3 is 10.1 Å². The molecule has 102 valence electrons. The highest BCUT2D eigenvalue weighted by Crippen LogP contribution is 2.30. The van der Waals surface area contributed by atoms with Crippen LogP contribution in [0.3, 0.4) is 0 Å². The Balaban J connectivity index is 2.39. The summed E-state index contributed by atoms with van der Waals surface area (Å²) in [5, 5.41) is 3.37. The van der Waals surface area contributed by atoms with Gasteiger partial charge in [-0.25, -0.2) is 9.37 Å². The molecular weight excluding hydrogens is 263 g/mol. The highest BCUT2D eigenvalue weighted by atomic mass is 32.1. The average Bonchev–Trinajstić information content (AvgIpc) is 2.82. The van der Waals surface area contributed by atoms with Crippen LogP contribution in [-0.4, -0.2) is 18.6 Å². The highest BCUT2D eigenvalue weighted by molar-refractivity contribution is 7.09. The van der Waals surface area contributed by atoms with Gasteiger partial charge in [-0.3, -0.25) is 0 Å². The molecule has 0 bridgehead atoms. The van der Waals surface area contributed by atoms with E-state index in [1.807, 2.05) is 25.4 Å². The predicted molar refractivity (Wildman–Crippen MR) is 75.3 cm³/mol. The maximum absolute atomic E-state index is 13.8. The molecule has 1 unspecified atom stereocenters. The number of thiazole rings is 1. The Hall–Kier alpha value is -1.46. The molecule has 0 spiro atoms. The van der Waals surface area contributed by atoms with Crippen molar-refractivity contribution in [2.45, 2.75) is 19.9 Å². The molecule has 1 aromatic heterocycles. The van der Waals surface area contributed by atoms with Crippen molar-refractivity contribution < 1.29 is 9.13 Å². The summed E-state index contributed by atoms with van der Waals surface area (Å²) in [5.41, 5.74) is 3.68. The topological polar surface area (TPSA) is 34.1 Å². The third-order valence-electron chi connectivity index (χ3n) is 2.96. The molecule has 2 aromatic rings. The first kappa shape index (κ1) is 14.0. The van der Waals surface area contributed by atoms with Crippen LogP contribution in [0.1, 0.15) is 29.1 Å². The Morgan fingerprint density at radius 1 is 1.47 bits per heavy atom. The lowest BCUT2D eigenvalue weighted by Gasteiger charge is -2.18. The van der Waals surface area contributed by atoms with Crippen molar-refractivity contribution >= 4 is 11.3 Å². The fourth-order valence-electron chi connectivity index (χ4n) is 2.02. The van der Waals surface area contributed by atoms with Crippen molar-refractivity contribution in [1.82, 2.24) is 10.3 Å². The molecule has 0 amide bonds. The lowest BCUT2D eigenvalue weighted by molar-refractivity contribution is 0.386. The summed E-state index contributed by atoms with van der Waals surface area (Å²) in [6.45, 7) is 4.80. The van der Waals surface area contributed by atoms with Gasteiger partial charge in [-0.1, -0.05) is 13.0 Å². The Bertz CT molecular complexity index is 556. The molecule has 2 rings (SSSR count). The summed E-state index contributed by atoms with van der Waals surface area (Å²) in [6, 6.07) is 5.03. The van der Waals surface area contributed by atoms with Crippen LogP contribution < -0.4 is 10.1 Å². The Morgan fingerprint density at radius 2 is 2.26 bits per heavy atom. The number of halogens is 1. The number of ether oxygens (including phenoxy) is 1. The van der Waals surface area contributed by atoms with Crippen LogP contribution in [0.15, 0.2) is 23.7 Å². The normalized spacial score (nSPS) is 12.4. The molecule has 0 saturated carbocycles. The number of methoxy groups -OCH3 is 1. The molecule has 1 heterocycles. The van der Waals surface area contributed by atoms with E-state index in [4.69, 9.17) is 4.74 Å². The van der Waals surface area contributed by atoms with Gasteiger partial charge in [0.05, 0.1) is 24.4 Å². The minimum Gasteiger partial charge on any atom is -0.494 e. The quantitative estimate of drug-likeness (QED) is 0.912. The average molecular weight is 280 g/mol. The van der Waals surface area contributed by atoms with Gasteiger partial charge in [0.2, 0.25) is 0 Å². The molecule has 5 heteroatoms. The Kier molecular flexibility index (Phi) is 4.50. The number of hydrogen-bond acceptors (Lipinski definition) is 4. The van der Waals surface area contributed by atoms with Crippen molar-refractivity contribution in [1.29, 1.82) is 0 Å². The van der Waals surface area contributed by atoms with E-state index in [9.17, 15) is 4.39 Å². The number of hydrogen-bond donors (Lipinski definition) is 1. The summed E-state index contributed by atoms with van der Waals surface area (Å²) >= 11 is 1.58. The van der Waals surface area contributed by atoms with Crippen molar-refractivity contribution in [3.8, 4) is 5.75 Å². The fraction of sp³-hybridized carbons (Fsp3) is 0.357. The molecule has 0 fully saturated rings. The number of rotatable bonds is 5. The summed E-state index contributed by atoms with van der Waals surface area (Å²) in [5.74, 6) is -0.0786. The predicted octanol–water partition coefficient (Wildman–Crippen LogP) is 3.30. The van der Waals surface area contributed by atoms with Crippen LogP contribution >= 0.6 is 11.3 Å². The number of nitrogens with zero attached hydrogens (tertiary/aromatic N) is 1. The van der Waals surface area contributed by atoms with Gasteiger partial charge in [0.1, 0.15) is 0 Å². The second-order valence-corrected chi connectivity index (χ2v) is 5.07.